The second-order valence-corrected chi connectivity index (χ2v) is 3.96. The first-order chi connectivity index (χ1) is 7.54. The average Bonchev–Trinajstić information content (AvgIpc) is 2.53. The van der Waals surface area contributed by atoms with Gasteiger partial charge in [0.25, 0.3) is 0 Å². The van der Waals surface area contributed by atoms with Crippen LogP contribution >= 0.6 is 0 Å². The molecule has 16 heavy (non-hydrogen) atoms. The summed E-state index contributed by atoms with van der Waals surface area (Å²) < 4.78 is 11.6. The van der Waals surface area contributed by atoms with Crippen LogP contribution in [0.3, 0.4) is 0 Å². The van der Waals surface area contributed by atoms with Crippen molar-refractivity contribution in [2.75, 3.05) is 0 Å². The topological polar surface area (TPSA) is 55.8 Å². The molecule has 0 aromatic heterocycles. The minimum atomic E-state index is -1.62. The van der Waals surface area contributed by atoms with Gasteiger partial charge in [-0.05, 0) is 0 Å². The predicted octanol–water partition coefficient (Wildman–Crippen LogP) is 0.0592. The van der Waals surface area contributed by atoms with Gasteiger partial charge in [-0.15, -0.1) is 0 Å². The summed E-state index contributed by atoms with van der Waals surface area (Å²) in [6.45, 7) is 5.07. The van der Waals surface area contributed by atoms with E-state index < -0.39 is 17.9 Å². The van der Waals surface area contributed by atoms with Crippen molar-refractivity contribution in [3.8, 4) is 0 Å². The van der Waals surface area contributed by atoms with Crippen molar-refractivity contribution >= 4 is 15.3 Å². The summed E-state index contributed by atoms with van der Waals surface area (Å²) in [7, 11) is 0. The Labute approximate surface area is 117 Å². The Bertz CT molecular complexity index is 282. The molecule has 90 valence electrons. The number of aliphatic hydroxyl groups is 1. The van der Waals surface area contributed by atoms with Gasteiger partial charge < -0.3 is 0 Å². The average molecular weight is 565 g/mol. The van der Waals surface area contributed by atoms with Gasteiger partial charge in [0.15, 0.2) is 0 Å². The zero-order valence-electron chi connectivity index (χ0n) is 8.84. The van der Waals surface area contributed by atoms with Crippen LogP contribution < -0.4 is 0 Å². The van der Waals surface area contributed by atoms with Crippen LogP contribution in [0.25, 0.3) is 0 Å². The van der Waals surface area contributed by atoms with Gasteiger partial charge in [0, 0.05) is 0 Å². The maximum atomic E-state index is 11.0. The van der Waals surface area contributed by atoms with E-state index in [9.17, 15) is 9.90 Å². The Kier molecular flexibility index (Phi) is 7.46. The number of cyclic esters (lactones) is 1. The van der Waals surface area contributed by atoms with Crippen LogP contribution in [0.15, 0.2) is 12.8 Å². The van der Waals surface area contributed by atoms with Crippen LogP contribution in [0, 0.1) is 5.92 Å². The number of rotatable bonds is 4. The van der Waals surface area contributed by atoms with E-state index in [1.807, 2.05) is 0 Å². The van der Waals surface area contributed by atoms with Gasteiger partial charge in [0.1, 0.15) is 0 Å². The standard InChI is InChI=1S/C9H11O4.CH2.2W/c1-4-12-7(3)9(11)6(2)5-8(10)13-9;;;/h3-4,7,11H,1,5H2,2H3;1H2;;/q-1;;;. The quantitative estimate of drug-likeness (QED) is 0.298. The third-order valence-corrected chi connectivity index (χ3v) is 2.93. The molecule has 0 bridgehead atoms. The third kappa shape index (κ3) is 3.55. The molecule has 1 saturated heterocycles. The van der Waals surface area contributed by atoms with E-state index in [0.29, 0.717) is 5.92 Å². The first-order valence-electron chi connectivity index (χ1n) is 4.32. The van der Waals surface area contributed by atoms with Crippen LogP contribution in [0.4, 0.5) is 0 Å². The molecule has 0 spiro atoms. The van der Waals surface area contributed by atoms with E-state index in [2.05, 4.69) is 11.5 Å². The van der Waals surface area contributed by atoms with E-state index in [-0.39, 0.29) is 6.42 Å². The zero-order valence-corrected chi connectivity index (χ0v) is 14.7. The Morgan fingerprint density at radius 3 is 2.62 bits per heavy atom. The minimum absolute atomic E-state index is 0.136. The number of hydrogen-bond donors (Lipinski definition) is 1. The first kappa shape index (κ1) is 16.1. The fourth-order valence-electron chi connectivity index (χ4n) is 1.26. The first-order valence-corrected chi connectivity index (χ1v) is 8.09. The van der Waals surface area contributed by atoms with Crippen LogP contribution in [0.1, 0.15) is 13.3 Å². The maximum absolute atomic E-state index is 11.0. The van der Waals surface area contributed by atoms with E-state index >= 15 is 0 Å². The summed E-state index contributed by atoms with van der Waals surface area (Å²) in [4.78, 5) is 14.3. The predicted molar refractivity (Wildman–Crippen MR) is 52.8 cm³/mol. The fourth-order valence-corrected chi connectivity index (χ4v) is 2.15. The van der Waals surface area contributed by atoms with Crippen LogP contribution in [-0.4, -0.2) is 32.3 Å². The van der Waals surface area contributed by atoms with E-state index in [1.165, 1.54) is 25.6 Å². The Morgan fingerprint density at radius 2 is 2.31 bits per heavy atom. The molecule has 0 amide bonds. The zero-order chi connectivity index (χ0) is 12.8. The molecule has 1 aliphatic rings. The molecule has 2 unspecified atom stereocenters. The van der Waals surface area contributed by atoms with Crippen molar-refractivity contribution in [2.45, 2.75) is 25.2 Å². The molecular formula is C10H13O4W2-. The van der Waals surface area contributed by atoms with Gasteiger partial charge in [-0.2, -0.15) is 0 Å². The molecule has 0 radical (unpaired) electrons. The number of hydrogen-bond acceptors (Lipinski definition) is 4. The number of ether oxygens (including phenoxy) is 2. The third-order valence-electron chi connectivity index (χ3n) is 2.04. The summed E-state index contributed by atoms with van der Waals surface area (Å²) in [5.41, 5.74) is 0. The van der Waals surface area contributed by atoms with Crippen molar-refractivity contribution in [3.63, 3.8) is 0 Å². The Morgan fingerprint density at radius 1 is 1.75 bits per heavy atom. The molecule has 0 aliphatic carbocycles. The SMILES string of the molecule is C=COC([CH]=[W])C1(O)OC(=O)C[C-]1C.[CH2]=[W]. The monoisotopic (exact) mass is 565 g/mol. The van der Waals surface area contributed by atoms with Gasteiger partial charge in [-0.1, -0.05) is 0 Å². The number of esters is 1. The number of carbonyl (C=O) groups excluding carboxylic acids is 1. The van der Waals surface area contributed by atoms with E-state index in [1.54, 1.807) is 11.3 Å². The molecule has 6 heteroatoms. The fraction of sp³-hybridized carbons (Fsp3) is 0.400. The summed E-state index contributed by atoms with van der Waals surface area (Å²) in [5, 5.41) is 10.1. The van der Waals surface area contributed by atoms with E-state index in [4.69, 9.17) is 9.47 Å². The molecule has 1 rings (SSSR count). The normalized spacial score (nSPS) is 26.0. The summed E-state index contributed by atoms with van der Waals surface area (Å²) in [6, 6.07) is 0. The van der Waals surface area contributed by atoms with Crippen molar-refractivity contribution in [1.82, 2.24) is 0 Å². The molecule has 2 atom stereocenters. The van der Waals surface area contributed by atoms with Crippen molar-refractivity contribution < 1.29 is 58.1 Å². The summed E-state index contributed by atoms with van der Waals surface area (Å²) in [6.07, 6.45) is 0.694. The molecule has 4 nitrogen and oxygen atoms in total. The summed E-state index contributed by atoms with van der Waals surface area (Å²) >= 11 is 2.45. The molecule has 1 aliphatic heterocycles. The molecular weight excluding hydrogens is 552 g/mol. The van der Waals surface area contributed by atoms with Gasteiger partial charge in [0.05, 0.1) is 0 Å². The van der Waals surface area contributed by atoms with Gasteiger partial charge >= 0.3 is 117 Å². The second-order valence-electron chi connectivity index (χ2n) is 2.99. The van der Waals surface area contributed by atoms with Crippen LogP contribution in [0.2, 0.25) is 0 Å². The summed E-state index contributed by atoms with van der Waals surface area (Å²) in [5.74, 6) is -1.49. The van der Waals surface area contributed by atoms with Crippen molar-refractivity contribution in [1.29, 1.82) is 0 Å². The Balaban J connectivity index is 0.00000106. The van der Waals surface area contributed by atoms with Crippen LogP contribution in [0.5, 0.6) is 0 Å². The molecule has 1 fully saturated rings. The van der Waals surface area contributed by atoms with Gasteiger partial charge in [-0.25, -0.2) is 0 Å². The second kappa shape index (κ2) is 7.42. The molecule has 1 heterocycles. The van der Waals surface area contributed by atoms with Gasteiger partial charge in [-0.3, -0.25) is 0 Å². The van der Waals surface area contributed by atoms with Crippen molar-refractivity contribution in [3.05, 3.63) is 18.8 Å². The number of carbonyl (C=O) groups is 1. The van der Waals surface area contributed by atoms with E-state index in [0.717, 1.165) is 19.4 Å². The molecule has 0 aromatic rings. The van der Waals surface area contributed by atoms with Gasteiger partial charge in [0.2, 0.25) is 0 Å². The van der Waals surface area contributed by atoms with Crippen LogP contribution in [-0.2, 0) is 53.0 Å². The Hall–Kier alpha value is 0.0866. The molecule has 0 saturated carbocycles. The van der Waals surface area contributed by atoms with Crippen molar-refractivity contribution in [2.24, 2.45) is 0 Å². The molecule has 0 aromatic carbocycles. The molecule has 1 N–H and O–H groups in total.